The van der Waals surface area contributed by atoms with Crippen molar-refractivity contribution in [3.05, 3.63) is 16.0 Å². The third-order valence-corrected chi connectivity index (χ3v) is 3.86. The summed E-state index contributed by atoms with van der Waals surface area (Å²) >= 11 is 8.23. The number of hydrogen-bond acceptors (Lipinski definition) is 6. The van der Waals surface area contributed by atoms with E-state index in [0.29, 0.717) is 10.7 Å². The van der Waals surface area contributed by atoms with Gasteiger partial charge in [-0.05, 0) is 18.0 Å². The van der Waals surface area contributed by atoms with Crippen LogP contribution in [0.15, 0.2) is 10.6 Å². The summed E-state index contributed by atoms with van der Waals surface area (Å²) in [5.74, 6) is 2.55. The van der Waals surface area contributed by atoms with E-state index in [2.05, 4.69) is 22.1 Å². The quantitative estimate of drug-likeness (QED) is 0.855. The van der Waals surface area contributed by atoms with Crippen LogP contribution in [0.2, 0.25) is 0 Å². The Hall–Kier alpha value is -0.660. The van der Waals surface area contributed by atoms with Gasteiger partial charge in [0.2, 0.25) is 0 Å². The Kier molecular flexibility index (Phi) is 3.55. The highest BCUT2D eigenvalue weighted by molar-refractivity contribution is 7.98. The maximum atomic E-state index is 5.20. The van der Waals surface area contributed by atoms with Gasteiger partial charge in [-0.3, -0.25) is 0 Å². The third-order valence-electron chi connectivity index (χ3n) is 1.63. The van der Waals surface area contributed by atoms with E-state index >= 15 is 0 Å². The standard InChI is InChI=1S/C8H9N3OS3/c1-2-14-4-6-9-3-5(15-6)7-10-11-8(13)12-7/h3H,2,4H2,1H3,(H,11,13). The van der Waals surface area contributed by atoms with Crippen molar-refractivity contribution in [2.75, 3.05) is 5.75 Å². The summed E-state index contributed by atoms with van der Waals surface area (Å²) in [4.78, 5) is 5.49. The van der Waals surface area contributed by atoms with Gasteiger partial charge in [0.1, 0.15) is 9.88 Å². The molecule has 7 heteroatoms. The van der Waals surface area contributed by atoms with E-state index in [-0.39, 0.29) is 0 Å². The SMILES string of the molecule is CCSCc1ncc(-c2n[nH]c(=S)o2)s1. The maximum Gasteiger partial charge on any atom is 0.284 e. The van der Waals surface area contributed by atoms with Crippen LogP contribution >= 0.6 is 35.3 Å². The normalized spacial score (nSPS) is 10.7. The molecule has 0 saturated heterocycles. The van der Waals surface area contributed by atoms with Crippen LogP contribution in [0.4, 0.5) is 0 Å². The molecule has 15 heavy (non-hydrogen) atoms. The monoisotopic (exact) mass is 259 g/mol. The molecule has 0 radical (unpaired) electrons. The molecular formula is C8H9N3OS3. The summed E-state index contributed by atoms with van der Waals surface area (Å²) in [6, 6.07) is 0. The molecule has 0 fully saturated rings. The predicted octanol–water partition coefficient (Wildman–Crippen LogP) is 3.11. The third kappa shape index (κ3) is 2.67. The lowest BCUT2D eigenvalue weighted by Crippen LogP contribution is -1.75. The van der Waals surface area contributed by atoms with Gasteiger partial charge >= 0.3 is 0 Å². The number of nitrogens with zero attached hydrogens (tertiary/aromatic N) is 2. The fourth-order valence-corrected chi connectivity index (χ4v) is 2.70. The molecule has 0 unspecified atom stereocenters. The van der Waals surface area contributed by atoms with E-state index in [1.807, 2.05) is 11.8 Å². The Morgan fingerprint density at radius 1 is 1.67 bits per heavy atom. The first kappa shape index (κ1) is 10.8. The molecule has 0 aliphatic rings. The molecule has 80 valence electrons. The zero-order chi connectivity index (χ0) is 10.7. The van der Waals surface area contributed by atoms with E-state index in [4.69, 9.17) is 16.6 Å². The Morgan fingerprint density at radius 3 is 3.20 bits per heavy atom. The van der Waals surface area contributed by atoms with Crippen molar-refractivity contribution in [3.63, 3.8) is 0 Å². The summed E-state index contributed by atoms with van der Waals surface area (Å²) in [7, 11) is 0. The van der Waals surface area contributed by atoms with Crippen molar-refractivity contribution < 1.29 is 4.42 Å². The maximum absolute atomic E-state index is 5.20. The molecule has 2 rings (SSSR count). The average molecular weight is 259 g/mol. The molecule has 4 nitrogen and oxygen atoms in total. The van der Waals surface area contributed by atoms with Crippen LogP contribution in [0.3, 0.4) is 0 Å². The van der Waals surface area contributed by atoms with Gasteiger partial charge in [-0.2, -0.15) is 11.8 Å². The minimum Gasteiger partial charge on any atom is -0.408 e. The largest absolute Gasteiger partial charge is 0.408 e. The van der Waals surface area contributed by atoms with Gasteiger partial charge in [0.15, 0.2) is 0 Å². The first-order chi connectivity index (χ1) is 7.29. The second-order valence-corrected chi connectivity index (χ2v) is 5.43. The highest BCUT2D eigenvalue weighted by atomic mass is 32.2. The van der Waals surface area contributed by atoms with Crippen LogP contribution < -0.4 is 0 Å². The zero-order valence-corrected chi connectivity index (χ0v) is 10.5. The van der Waals surface area contributed by atoms with E-state index in [1.54, 1.807) is 17.5 Å². The van der Waals surface area contributed by atoms with E-state index < -0.39 is 0 Å². The molecule has 0 saturated carbocycles. The molecule has 0 bridgehead atoms. The Bertz CT molecular complexity index is 487. The number of aromatic nitrogens is 3. The van der Waals surface area contributed by atoms with Gasteiger partial charge < -0.3 is 4.42 Å². The van der Waals surface area contributed by atoms with E-state index in [1.165, 1.54) is 0 Å². The summed E-state index contributed by atoms with van der Waals surface area (Å²) < 4.78 is 5.20. The molecule has 2 aromatic rings. The van der Waals surface area contributed by atoms with Gasteiger partial charge in [0, 0.05) is 5.75 Å². The van der Waals surface area contributed by atoms with Crippen molar-refractivity contribution in [2.45, 2.75) is 12.7 Å². The lowest BCUT2D eigenvalue weighted by atomic mass is 10.6. The fourth-order valence-electron chi connectivity index (χ4n) is 1.00. The Morgan fingerprint density at radius 2 is 2.53 bits per heavy atom. The van der Waals surface area contributed by atoms with Gasteiger partial charge in [-0.1, -0.05) is 6.92 Å². The molecule has 0 aromatic carbocycles. The average Bonchev–Trinajstić information content (AvgIpc) is 2.83. The molecule has 0 spiro atoms. The molecule has 0 aliphatic heterocycles. The molecule has 0 amide bonds. The number of thiazole rings is 1. The lowest BCUT2D eigenvalue weighted by molar-refractivity contribution is 0.553. The van der Waals surface area contributed by atoms with Gasteiger partial charge in [-0.15, -0.1) is 16.4 Å². The number of nitrogens with one attached hydrogen (secondary N) is 1. The first-order valence-electron chi connectivity index (χ1n) is 4.38. The fraction of sp³-hybridized carbons (Fsp3) is 0.375. The minimum absolute atomic E-state index is 0.294. The second-order valence-electron chi connectivity index (χ2n) is 2.67. The predicted molar refractivity (Wildman–Crippen MR) is 64.6 cm³/mol. The highest BCUT2D eigenvalue weighted by Crippen LogP contribution is 2.26. The smallest absolute Gasteiger partial charge is 0.284 e. The first-order valence-corrected chi connectivity index (χ1v) is 6.76. The number of thioether (sulfide) groups is 1. The van der Waals surface area contributed by atoms with Crippen LogP contribution in [0, 0.1) is 4.84 Å². The number of aromatic amines is 1. The van der Waals surface area contributed by atoms with Crippen molar-refractivity contribution in [1.82, 2.24) is 15.2 Å². The number of H-pyrrole nitrogens is 1. The van der Waals surface area contributed by atoms with Crippen molar-refractivity contribution >= 4 is 35.3 Å². The molecule has 0 atom stereocenters. The van der Waals surface area contributed by atoms with Crippen molar-refractivity contribution in [3.8, 4) is 10.8 Å². The zero-order valence-electron chi connectivity index (χ0n) is 8.02. The highest BCUT2D eigenvalue weighted by Gasteiger charge is 2.08. The van der Waals surface area contributed by atoms with Crippen molar-refractivity contribution in [2.24, 2.45) is 0 Å². The van der Waals surface area contributed by atoms with Crippen molar-refractivity contribution in [1.29, 1.82) is 0 Å². The van der Waals surface area contributed by atoms with Crippen LogP contribution in [0.1, 0.15) is 11.9 Å². The Balaban J connectivity index is 2.16. The summed E-state index contributed by atoms with van der Waals surface area (Å²) in [5.41, 5.74) is 0. The topological polar surface area (TPSA) is 54.7 Å². The van der Waals surface area contributed by atoms with Gasteiger partial charge in [0.05, 0.1) is 6.20 Å². The number of hydrogen-bond donors (Lipinski definition) is 1. The molecular weight excluding hydrogens is 250 g/mol. The Labute approximate surface area is 100 Å². The summed E-state index contributed by atoms with van der Waals surface area (Å²) in [5, 5.41) is 7.62. The van der Waals surface area contributed by atoms with Crippen LogP contribution in [0.5, 0.6) is 0 Å². The van der Waals surface area contributed by atoms with E-state index in [0.717, 1.165) is 21.4 Å². The summed E-state index contributed by atoms with van der Waals surface area (Å²) in [6.45, 7) is 2.13. The second kappa shape index (κ2) is 4.91. The minimum atomic E-state index is 0.294. The van der Waals surface area contributed by atoms with Crippen LogP contribution in [-0.2, 0) is 5.75 Å². The van der Waals surface area contributed by atoms with E-state index in [9.17, 15) is 0 Å². The lowest BCUT2D eigenvalue weighted by Gasteiger charge is -1.90. The molecule has 2 heterocycles. The molecule has 0 aliphatic carbocycles. The van der Waals surface area contributed by atoms with Crippen LogP contribution in [0.25, 0.3) is 10.8 Å². The van der Waals surface area contributed by atoms with Gasteiger partial charge in [0.25, 0.3) is 10.7 Å². The van der Waals surface area contributed by atoms with Crippen LogP contribution in [-0.4, -0.2) is 20.9 Å². The van der Waals surface area contributed by atoms with Gasteiger partial charge in [-0.25, -0.2) is 10.1 Å². The number of rotatable bonds is 4. The molecule has 2 aromatic heterocycles. The summed E-state index contributed by atoms with van der Waals surface area (Å²) in [6.07, 6.45) is 1.77. The molecule has 1 N–H and O–H groups in total.